The van der Waals surface area contributed by atoms with Crippen LogP contribution in [-0.2, 0) is 0 Å². The van der Waals surface area contributed by atoms with Crippen LogP contribution >= 0.6 is 23.2 Å². The number of ether oxygens (including phenoxy) is 2. The third kappa shape index (κ3) is 3.94. The quantitative estimate of drug-likeness (QED) is 0.669. The summed E-state index contributed by atoms with van der Waals surface area (Å²) in [5.74, 6) is 1.30. The van der Waals surface area contributed by atoms with Gasteiger partial charge in [-0.15, -0.1) is 0 Å². The van der Waals surface area contributed by atoms with Gasteiger partial charge in [0.1, 0.15) is 24.7 Å². The van der Waals surface area contributed by atoms with Crippen LogP contribution in [0.15, 0.2) is 42.5 Å². The van der Waals surface area contributed by atoms with Gasteiger partial charge in [0, 0.05) is 6.07 Å². The summed E-state index contributed by atoms with van der Waals surface area (Å²) in [5.41, 5.74) is 6.23. The Balaban J connectivity index is 1.85. The number of hydrogen-bond acceptors (Lipinski definition) is 3. The molecule has 0 saturated heterocycles. The molecule has 19 heavy (non-hydrogen) atoms. The minimum Gasteiger partial charge on any atom is -0.490 e. The zero-order valence-corrected chi connectivity index (χ0v) is 11.6. The fourth-order valence-electron chi connectivity index (χ4n) is 1.50. The molecule has 0 aliphatic rings. The maximum absolute atomic E-state index is 5.90. The molecule has 100 valence electrons. The topological polar surface area (TPSA) is 44.5 Å². The van der Waals surface area contributed by atoms with Crippen molar-refractivity contribution in [2.75, 3.05) is 18.9 Å². The first-order chi connectivity index (χ1) is 9.16. The van der Waals surface area contributed by atoms with Gasteiger partial charge in [-0.3, -0.25) is 0 Å². The first-order valence-corrected chi connectivity index (χ1v) is 6.47. The second kappa shape index (κ2) is 6.55. The summed E-state index contributed by atoms with van der Waals surface area (Å²) in [7, 11) is 0. The summed E-state index contributed by atoms with van der Waals surface area (Å²) in [4.78, 5) is 0. The van der Waals surface area contributed by atoms with Crippen LogP contribution in [-0.4, -0.2) is 13.2 Å². The standard InChI is InChI=1S/C14H13Cl2NO2/c15-11-8-13(17)14(9-12(11)16)19-7-6-18-10-4-2-1-3-5-10/h1-5,8-9H,6-7,17H2. The molecule has 0 spiro atoms. The van der Waals surface area contributed by atoms with E-state index >= 15 is 0 Å². The van der Waals surface area contributed by atoms with Crippen molar-refractivity contribution in [1.82, 2.24) is 0 Å². The zero-order chi connectivity index (χ0) is 13.7. The van der Waals surface area contributed by atoms with Gasteiger partial charge < -0.3 is 15.2 Å². The maximum atomic E-state index is 5.90. The number of nitrogens with two attached hydrogens (primary N) is 1. The van der Waals surface area contributed by atoms with Crippen LogP contribution < -0.4 is 15.2 Å². The van der Waals surface area contributed by atoms with Crippen LogP contribution in [0.5, 0.6) is 11.5 Å². The summed E-state index contributed by atoms with van der Waals surface area (Å²) in [5, 5.41) is 0.821. The Labute approximate surface area is 121 Å². The highest BCUT2D eigenvalue weighted by atomic mass is 35.5. The highest BCUT2D eigenvalue weighted by Gasteiger charge is 2.06. The first kappa shape index (κ1) is 13.8. The Hall–Kier alpha value is -1.58. The van der Waals surface area contributed by atoms with Crippen molar-refractivity contribution in [2.24, 2.45) is 0 Å². The lowest BCUT2D eigenvalue weighted by Crippen LogP contribution is -2.09. The summed E-state index contributed by atoms with van der Waals surface area (Å²) in [6, 6.07) is 12.7. The molecule has 2 rings (SSSR count). The molecule has 0 aliphatic carbocycles. The highest BCUT2D eigenvalue weighted by molar-refractivity contribution is 6.42. The van der Waals surface area contributed by atoms with Crippen molar-refractivity contribution in [3.63, 3.8) is 0 Å². The van der Waals surface area contributed by atoms with Gasteiger partial charge in [-0.05, 0) is 18.2 Å². The minimum atomic E-state index is 0.372. The normalized spacial score (nSPS) is 10.2. The van der Waals surface area contributed by atoms with Gasteiger partial charge in [-0.25, -0.2) is 0 Å². The number of anilines is 1. The van der Waals surface area contributed by atoms with Crippen molar-refractivity contribution < 1.29 is 9.47 Å². The van der Waals surface area contributed by atoms with Crippen molar-refractivity contribution in [1.29, 1.82) is 0 Å². The van der Waals surface area contributed by atoms with Gasteiger partial charge in [0.2, 0.25) is 0 Å². The first-order valence-electron chi connectivity index (χ1n) is 5.72. The highest BCUT2D eigenvalue weighted by Crippen LogP contribution is 2.32. The Morgan fingerprint density at radius 1 is 0.895 bits per heavy atom. The Bertz CT molecular complexity index is 547. The molecule has 0 bridgehead atoms. The second-order valence-corrected chi connectivity index (χ2v) is 4.63. The SMILES string of the molecule is Nc1cc(Cl)c(Cl)cc1OCCOc1ccccc1. The van der Waals surface area contributed by atoms with E-state index in [1.807, 2.05) is 30.3 Å². The predicted molar refractivity (Wildman–Crippen MR) is 78.3 cm³/mol. The molecule has 2 aromatic rings. The van der Waals surface area contributed by atoms with Crippen LogP contribution in [0.3, 0.4) is 0 Å². The van der Waals surface area contributed by atoms with Gasteiger partial charge in [-0.1, -0.05) is 41.4 Å². The Kier molecular flexibility index (Phi) is 4.77. The molecule has 0 aromatic heterocycles. The molecule has 2 aromatic carbocycles. The largest absolute Gasteiger partial charge is 0.490 e. The van der Waals surface area contributed by atoms with Crippen molar-refractivity contribution in [3.05, 3.63) is 52.5 Å². The van der Waals surface area contributed by atoms with Crippen molar-refractivity contribution in [3.8, 4) is 11.5 Å². The lowest BCUT2D eigenvalue weighted by atomic mass is 10.3. The molecule has 0 saturated carbocycles. The van der Waals surface area contributed by atoms with E-state index in [9.17, 15) is 0 Å². The number of benzene rings is 2. The van der Waals surface area contributed by atoms with Crippen LogP contribution in [0.1, 0.15) is 0 Å². The number of halogens is 2. The van der Waals surface area contributed by atoms with Crippen molar-refractivity contribution >= 4 is 28.9 Å². The number of nitrogen functional groups attached to an aromatic ring is 1. The molecular formula is C14H13Cl2NO2. The molecule has 0 atom stereocenters. The van der Waals surface area contributed by atoms with E-state index in [4.69, 9.17) is 38.4 Å². The molecule has 0 radical (unpaired) electrons. The molecule has 0 amide bonds. The van der Waals surface area contributed by atoms with Crippen LogP contribution in [0, 0.1) is 0 Å². The van der Waals surface area contributed by atoms with Gasteiger partial charge in [0.15, 0.2) is 0 Å². The lowest BCUT2D eigenvalue weighted by Gasteiger charge is -2.11. The molecule has 0 heterocycles. The minimum absolute atomic E-state index is 0.372. The predicted octanol–water partition coefficient (Wildman–Crippen LogP) is 4.03. The molecule has 2 N–H and O–H groups in total. The summed E-state index contributed by atoms with van der Waals surface area (Å²) in [6.45, 7) is 0.792. The summed E-state index contributed by atoms with van der Waals surface area (Å²) in [6.07, 6.45) is 0. The number of para-hydroxylation sites is 1. The van der Waals surface area contributed by atoms with E-state index in [1.54, 1.807) is 12.1 Å². The number of hydrogen-bond donors (Lipinski definition) is 1. The average molecular weight is 298 g/mol. The van der Waals surface area contributed by atoms with E-state index in [0.717, 1.165) is 5.75 Å². The van der Waals surface area contributed by atoms with Crippen LogP contribution in [0.2, 0.25) is 10.0 Å². The van der Waals surface area contributed by atoms with Crippen LogP contribution in [0.25, 0.3) is 0 Å². The maximum Gasteiger partial charge on any atom is 0.143 e. The van der Waals surface area contributed by atoms with Gasteiger partial charge in [-0.2, -0.15) is 0 Å². The summed E-state index contributed by atoms with van der Waals surface area (Å²) >= 11 is 11.7. The Morgan fingerprint density at radius 3 is 2.26 bits per heavy atom. The third-order valence-corrected chi connectivity index (χ3v) is 3.13. The molecular weight excluding hydrogens is 285 g/mol. The number of rotatable bonds is 5. The van der Waals surface area contributed by atoms with E-state index in [2.05, 4.69) is 0 Å². The van der Waals surface area contributed by atoms with Gasteiger partial charge in [0.05, 0.1) is 15.7 Å². The van der Waals surface area contributed by atoms with E-state index < -0.39 is 0 Å². The fraction of sp³-hybridized carbons (Fsp3) is 0.143. The zero-order valence-electron chi connectivity index (χ0n) is 10.1. The smallest absolute Gasteiger partial charge is 0.143 e. The molecule has 0 aliphatic heterocycles. The van der Waals surface area contributed by atoms with Gasteiger partial charge >= 0.3 is 0 Å². The Morgan fingerprint density at radius 2 is 1.53 bits per heavy atom. The van der Waals surface area contributed by atoms with Crippen LogP contribution in [0.4, 0.5) is 5.69 Å². The fourth-order valence-corrected chi connectivity index (χ4v) is 1.82. The third-order valence-electron chi connectivity index (χ3n) is 2.41. The summed E-state index contributed by atoms with van der Waals surface area (Å²) < 4.78 is 11.0. The van der Waals surface area contributed by atoms with E-state index in [0.29, 0.717) is 34.7 Å². The second-order valence-electron chi connectivity index (χ2n) is 3.81. The lowest BCUT2D eigenvalue weighted by molar-refractivity contribution is 0.218. The van der Waals surface area contributed by atoms with Crippen molar-refractivity contribution in [2.45, 2.75) is 0 Å². The monoisotopic (exact) mass is 297 g/mol. The molecule has 0 fully saturated rings. The van der Waals surface area contributed by atoms with E-state index in [1.165, 1.54) is 0 Å². The molecule has 5 heteroatoms. The van der Waals surface area contributed by atoms with E-state index in [-0.39, 0.29) is 0 Å². The molecule has 0 unspecified atom stereocenters. The average Bonchev–Trinajstić information content (AvgIpc) is 2.41. The molecule has 3 nitrogen and oxygen atoms in total. The van der Waals surface area contributed by atoms with Gasteiger partial charge in [0.25, 0.3) is 0 Å².